The van der Waals surface area contributed by atoms with Crippen LogP contribution in [0.1, 0.15) is 38.4 Å². The van der Waals surface area contributed by atoms with Crippen LogP contribution in [0.25, 0.3) is 0 Å². The van der Waals surface area contributed by atoms with Crippen LogP contribution in [0.4, 0.5) is 0 Å². The van der Waals surface area contributed by atoms with E-state index in [9.17, 15) is 5.11 Å². The van der Waals surface area contributed by atoms with Crippen molar-refractivity contribution in [2.24, 2.45) is 0 Å². The van der Waals surface area contributed by atoms with Crippen LogP contribution in [0, 0.1) is 0 Å². The summed E-state index contributed by atoms with van der Waals surface area (Å²) in [6.45, 7) is 4.59. The lowest BCUT2D eigenvalue weighted by atomic mass is 9.99. The van der Waals surface area contributed by atoms with E-state index < -0.39 is 6.10 Å². The van der Waals surface area contributed by atoms with E-state index in [0.717, 1.165) is 12.8 Å². The maximum absolute atomic E-state index is 10.3. The molecule has 1 saturated heterocycles. The molecule has 1 heterocycles. The van der Waals surface area contributed by atoms with Crippen molar-refractivity contribution in [3.8, 4) is 0 Å². The SMILES string of the molecule is CC1CC(NCC(O)c2c(Cl)cccc2Cl)CC(C)O1. The zero-order valence-electron chi connectivity index (χ0n) is 11.8. The van der Waals surface area contributed by atoms with Crippen molar-refractivity contribution in [1.82, 2.24) is 5.32 Å². The number of halogens is 2. The third kappa shape index (κ3) is 4.09. The van der Waals surface area contributed by atoms with Crippen molar-refractivity contribution < 1.29 is 9.84 Å². The molecule has 3 unspecified atom stereocenters. The largest absolute Gasteiger partial charge is 0.387 e. The van der Waals surface area contributed by atoms with Gasteiger partial charge in [0.25, 0.3) is 0 Å². The highest BCUT2D eigenvalue weighted by Crippen LogP contribution is 2.30. The van der Waals surface area contributed by atoms with Gasteiger partial charge in [0, 0.05) is 28.2 Å². The van der Waals surface area contributed by atoms with Gasteiger partial charge in [-0.25, -0.2) is 0 Å². The van der Waals surface area contributed by atoms with Crippen molar-refractivity contribution in [2.75, 3.05) is 6.54 Å². The minimum Gasteiger partial charge on any atom is -0.387 e. The van der Waals surface area contributed by atoms with Gasteiger partial charge in [0.15, 0.2) is 0 Å². The first-order valence-electron chi connectivity index (χ1n) is 6.98. The van der Waals surface area contributed by atoms with Gasteiger partial charge in [-0.05, 0) is 38.8 Å². The van der Waals surface area contributed by atoms with Crippen LogP contribution in [0.5, 0.6) is 0 Å². The van der Waals surface area contributed by atoms with E-state index in [-0.39, 0.29) is 12.2 Å². The summed E-state index contributed by atoms with van der Waals surface area (Å²) in [5.41, 5.74) is 0.594. The molecule has 5 heteroatoms. The lowest BCUT2D eigenvalue weighted by molar-refractivity contribution is -0.0433. The summed E-state index contributed by atoms with van der Waals surface area (Å²) in [4.78, 5) is 0. The van der Waals surface area contributed by atoms with Crippen molar-refractivity contribution in [2.45, 2.75) is 51.0 Å². The van der Waals surface area contributed by atoms with E-state index >= 15 is 0 Å². The molecule has 20 heavy (non-hydrogen) atoms. The molecule has 2 N–H and O–H groups in total. The molecule has 0 radical (unpaired) electrons. The molecule has 2 rings (SSSR count). The van der Waals surface area contributed by atoms with Gasteiger partial charge in [0.05, 0.1) is 18.3 Å². The van der Waals surface area contributed by atoms with Gasteiger partial charge in [0.2, 0.25) is 0 Å². The summed E-state index contributed by atoms with van der Waals surface area (Å²) in [6, 6.07) is 5.61. The molecule has 1 fully saturated rings. The molecule has 0 aromatic heterocycles. The van der Waals surface area contributed by atoms with E-state index in [2.05, 4.69) is 19.2 Å². The maximum Gasteiger partial charge on any atom is 0.0943 e. The molecule has 0 bridgehead atoms. The van der Waals surface area contributed by atoms with Crippen LogP contribution in [0.15, 0.2) is 18.2 Å². The predicted molar refractivity (Wildman–Crippen MR) is 82.5 cm³/mol. The molecule has 1 aromatic rings. The number of hydrogen-bond acceptors (Lipinski definition) is 3. The number of nitrogens with one attached hydrogen (secondary N) is 1. The van der Waals surface area contributed by atoms with Crippen molar-refractivity contribution in [1.29, 1.82) is 0 Å². The highest BCUT2D eigenvalue weighted by atomic mass is 35.5. The molecular formula is C15H21Cl2NO2. The van der Waals surface area contributed by atoms with Gasteiger partial charge < -0.3 is 15.2 Å². The molecule has 0 aliphatic carbocycles. The Morgan fingerprint density at radius 1 is 1.25 bits per heavy atom. The summed E-state index contributed by atoms with van der Waals surface area (Å²) in [7, 11) is 0. The van der Waals surface area contributed by atoms with Gasteiger partial charge >= 0.3 is 0 Å². The molecule has 3 atom stereocenters. The fraction of sp³-hybridized carbons (Fsp3) is 0.600. The van der Waals surface area contributed by atoms with E-state index in [1.165, 1.54) is 0 Å². The Kier molecular flexibility index (Phi) is 5.70. The predicted octanol–water partition coefficient (Wildman–Crippen LogP) is 3.57. The Hall–Kier alpha value is -0.320. The normalized spacial score (nSPS) is 28.4. The van der Waals surface area contributed by atoms with Crippen LogP contribution in [-0.2, 0) is 4.74 Å². The topological polar surface area (TPSA) is 41.5 Å². The maximum atomic E-state index is 10.3. The Morgan fingerprint density at radius 3 is 2.35 bits per heavy atom. The zero-order chi connectivity index (χ0) is 14.7. The van der Waals surface area contributed by atoms with Gasteiger partial charge in [-0.3, -0.25) is 0 Å². The van der Waals surface area contributed by atoms with E-state index in [1.54, 1.807) is 18.2 Å². The molecule has 1 aliphatic heterocycles. The molecule has 0 spiro atoms. The highest BCUT2D eigenvalue weighted by Gasteiger charge is 2.25. The molecule has 1 aromatic carbocycles. The minimum absolute atomic E-state index is 0.247. The summed E-state index contributed by atoms with van der Waals surface area (Å²) >= 11 is 12.2. The molecule has 112 valence electrons. The monoisotopic (exact) mass is 317 g/mol. The second-order valence-corrected chi connectivity index (χ2v) is 6.30. The first-order valence-corrected chi connectivity index (χ1v) is 7.73. The summed E-state index contributed by atoms with van der Waals surface area (Å²) in [5.74, 6) is 0. The first kappa shape index (κ1) is 16.1. The van der Waals surface area contributed by atoms with E-state index in [4.69, 9.17) is 27.9 Å². The number of ether oxygens (including phenoxy) is 1. The molecule has 1 aliphatic rings. The number of benzene rings is 1. The number of aliphatic hydroxyl groups is 1. The number of aliphatic hydroxyl groups excluding tert-OH is 1. The van der Waals surface area contributed by atoms with Crippen LogP contribution >= 0.6 is 23.2 Å². The first-order chi connectivity index (χ1) is 9.47. The quantitative estimate of drug-likeness (QED) is 0.892. The third-order valence-electron chi connectivity index (χ3n) is 3.63. The molecular weight excluding hydrogens is 297 g/mol. The van der Waals surface area contributed by atoms with Gasteiger partial charge in [-0.2, -0.15) is 0 Å². The Morgan fingerprint density at radius 2 is 1.80 bits per heavy atom. The second-order valence-electron chi connectivity index (χ2n) is 5.49. The van der Waals surface area contributed by atoms with E-state index in [1.807, 2.05) is 0 Å². The minimum atomic E-state index is -0.704. The highest BCUT2D eigenvalue weighted by molar-refractivity contribution is 6.36. The molecule has 3 nitrogen and oxygen atoms in total. The second kappa shape index (κ2) is 7.10. The Bertz CT molecular complexity index is 425. The number of hydrogen-bond donors (Lipinski definition) is 2. The number of rotatable bonds is 4. The van der Waals surface area contributed by atoms with Gasteiger partial charge in [-0.1, -0.05) is 29.3 Å². The summed E-state index contributed by atoms with van der Waals surface area (Å²) in [6.07, 6.45) is 1.69. The fourth-order valence-electron chi connectivity index (χ4n) is 2.78. The van der Waals surface area contributed by atoms with Crippen LogP contribution in [0.2, 0.25) is 10.0 Å². The van der Waals surface area contributed by atoms with Crippen LogP contribution in [-0.4, -0.2) is 29.9 Å². The average Bonchev–Trinajstić information content (AvgIpc) is 2.35. The van der Waals surface area contributed by atoms with Gasteiger partial charge in [0.1, 0.15) is 0 Å². The average molecular weight is 318 g/mol. The summed E-state index contributed by atoms with van der Waals surface area (Å²) < 4.78 is 5.70. The van der Waals surface area contributed by atoms with Crippen molar-refractivity contribution in [3.05, 3.63) is 33.8 Å². The van der Waals surface area contributed by atoms with Crippen molar-refractivity contribution >= 4 is 23.2 Å². The fourth-order valence-corrected chi connectivity index (χ4v) is 3.43. The molecule has 0 saturated carbocycles. The zero-order valence-corrected chi connectivity index (χ0v) is 13.3. The Labute approximate surface area is 130 Å². The van der Waals surface area contributed by atoms with Crippen molar-refractivity contribution in [3.63, 3.8) is 0 Å². The standard InChI is InChI=1S/C15H21Cl2NO2/c1-9-6-11(7-10(2)20-9)18-8-14(19)15-12(16)4-3-5-13(15)17/h3-5,9-11,14,18-19H,6-8H2,1-2H3. The molecule has 0 amide bonds. The van der Waals surface area contributed by atoms with Crippen LogP contribution < -0.4 is 5.32 Å². The lowest BCUT2D eigenvalue weighted by Gasteiger charge is -2.33. The summed E-state index contributed by atoms with van der Waals surface area (Å²) in [5, 5.41) is 14.7. The Balaban J connectivity index is 1.93. The van der Waals surface area contributed by atoms with Gasteiger partial charge in [-0.15, -0.1) is 0 Å². The van der Waals surface area contributed by atoms with E-state index in [0.29, 0.717) is 28.2 Å². The smallest absolute Gasteiger partial charge is 0.0943 e. The third-order valence-corrected chi connectivity index (χ3v) is 4.29. The lowest BCUT2D eigenvalue weighted by Crippen LogP contribution is -2.42. The van der Waals surface area contributed by atoms with Crippen LogP contribution in [0.3, 0.4) is 0 Å².